The Kier molecular flexibility index (Phi) is 15.6. The van der Waals surface area contributed by atoms with Crippen LogP contribution in [-0.2, 0) is 0 Å². The van der Waals surface area contributed by atoms with Crippen molar-refractivity contribution >= 4 is 0 Å². The Hall–Kier alpha value is -2.75. The molecule has 3 aromatic carbocycles. The molecule has 2 fully saturated rings. The van der Waals surface area contributed by atoms with Crippen molar-refractivity contribution in [3.05, 3.63) is 77.6 Å². The average molecular weight is 689 g/mol. The monoisotopic (exact) mass is 688 g/mol. The van der Waals surface area contributed by atoms with E-state index in [9.17, 15) is 4.39 Å². The van der Waals surface area contributed by atoms with Crippen LogP contribution in [0.5, 0.6) is 5.75 Å². The van der Waals surface area contributed by atoms with Crippen molar-refractivity contribution in [3.63, 3.8) is 0 Å². The maximum Gasteiger partial charge on any atom is 0.201 e. The van der Waals surface area contributed by atoms with Crippen molar-refractivity contribution in [2.45, 2.75) is 155 Å². The smallest absolute Gasteiger partial charge is 0.201 e. The molecule has 0 amide bonds. The van der Waals surface area contributed by atoms with E-state index in [2.05, 4.69) is 13.8 Å². The summed E-state index contributed by atoms with van der Waals surface area (Å²) in [6.07, 6.45) is 26.6. The summed E-state index contributed by atoms with van der Waals surface area (Å²) in [5.74, 6) is 0.917. The molecule has 0 aromatic heterocycles. The Morgan fingerprint density at radius 3 is 1.74 bits per heavy atom. The maximum absolute atomic E-state index is 15.6. The predicted octanol–water partition coefficient (Wildman–Crippen LogP) is 15.0. The average Bonchev–Trinajstić information content (AvgIpc) is 3.15. The number of halogens is 3. The van der Waals surface area contributed by atoms with Gasteiger partial charge in [0.25, 0.3) is 0 Å². The van der Waals surface area contributed by atoms with E-state index in [1.54, 1.807) is 24.3 Å². The van der Waals surface area contributed by atoms with E-state index in [4.69, 9.17) is 4.74 Å². The minimum Gasteiger partial charge on any atom is -0.490 e. The lowest BCUT2D eigenvalue weighted by Crippen LogP contribution is -2.25. The first-order valence-corrected chi connectivity index (χ1v) is 20.5. The van der Waals surface area contributed by atoms with Gasteiger partial charge in [0.1, 0.15) is 5.82 Å². The number of hydrogen-bond acceptors (Lipinski definition) is 1. The largest absolute Gasteiger partial charge is 0.490 e. The van der Waals surface area contributed by atoms with Crippen molar-refractivity contribution in [2.24, 2.45) is 17.8 Å². The number of unbranched alkanes of at least 4 members (excludes halogenated alkanes) is 10. The number of benzene rings is 3. The van der Waals surface area contributed by atoms with E-state index >= 15 is 8.78 Å². The van der Waals surface area contributed by atoms with Crippen LogP contribution in [0.4, 0.5) is 13.2 Å². The lowest BCUT2D eigenvalue weighted by Gasteiger charge is -2.38. The van der Waals surface area contributed by atoms with Crippen molar-refractivity contribution in [3.8, 4) is 28.0 Å². The van der Waals surface area contributed by atoms with Gasteiger partial charge in [-0.1, -0.05) is 140 Å². The second kappa shape index (κ2) is 20.3. The molecule has 0 unspecified atom stereocenters. The molecular formula is C46H63F3O. The Morgan fingerprint density at radius 1 is 0.540 bits per heavy atom. The topological polar surface area (TPSA) is 9.23 Å². The van der Waals surface area contributed by atoms with Crippen molar-refractivity contribution in [2.75, 3.05) is 6.61 Å². The van der Waals surface area contributed by atoms with Gasteiger partial charge >= 0.3 is 0 Å². The maximum atomic E-state index is 15.6. The van der Waals surface area contributed by atoms with Crippen molar-refractivity contribution in [1.29, 1.82) is 0 Å². The van der Waals surface area contributed by atoms with Crippen molar-refractivity contribution < 1.29 is 17.9 Å². The van der Waals surface area contributed by atoms with Gasteiger partial charge in [-0.3, -0.25) is 0 Å². The van der Waals surface area contributed by atoms with Crippen LogP contribution in [0.25, 0.3) is 22.3 Å². The normalized spacial score (nSPS) is 21.0. The fourth-order valence-corrected chi connectivity index (χ4v) is 8.87. The summed E-state index contributed by atoms with van der Waals surface area (Å²) in [7, 11) is 0. The van der Waals surface area contributed by atoms with Gasteiger partial charge in [-0.05, 0) is 109 Å². The molecule has 0 saturated heterocycles. The second-order valence-electron chi connectivity index (χ2n) is 15.6. The van der Waals surface area contributed by atoms with Crippen LogP contribution >= 0.6 is 0 Å². The number of rotatable bonds is 19. The molecule has 5 rings (SSSR count). The Morgan fingerprint density at radius 2 is 1.10 bits per heavy atom. The summed E-state index contributed by atoms with van der Waals surface area (Å²) in [6.45, 7) is 4.87. The van der Waals surface area contributed by atoms with E-state index in [0.29, 0.717) is 18.1 Å². The highest BCUT2D eigenvalue weighted by Gasteiger charge is 2.32. The Balaban J connectivity index is 1.08. The van der Waals surface area contributed by atoms with Gasteiger partial charge in [-0.25, -0.2) is 8.78 Å². The van der Waals surface area contributed by atoms with Crippen LogP contribution < -0.4 is 4.74 Å². The molecule has 0 bridgehead atoms. The summed E-state index contributed by atoms with van der Waals surface area (Å²) in [5, 5.41) is 0. The first-order valence-electron chi connectivity index (χ1n) is 20.5. The van der Waals surface area contributed by atoms with E-state index in [1.165, 1.54) is 109 Å². The molecule has 0 aliphatic heterocycles. The molecular weight excluding hydrogens is 625 g/mol. The minimum absolute atomic E-state index is 0.0381. The van der Waals surface area contributed by atoms with Gasteiger partial charge in [0.2, 0.25) is 5.82 Å². The van der Waals surface area contributed by atoms with E-state index in [0.717, 1.165) is 66.5 Å². The third-order valence-corrected chi connectivity index (χ3v) is 12.1. The van der Waals surface area contributed by atoms with Crippen LogP contribution in [0.1, 0.15) is 160 Å². The molecule has 0 radical (unpaired) electrons. The van der Waals surface area contributed by atoms with Crippen LogP contribution in [0, 0.1) is 35.2 Å². The molecule has 2 aliphatic rings. The van der Waals surface area contributed by atoms with Crippen molar-refractivity contribution in [1.82, 2.24) is 0 Å². The third-order valence-electron chi connectivity index (χ3n) is 12.1. The lowest BCUT2D eigenvalue weighted by atomic mass is 9.68. The van der Waals surface area contributed by atoms with Gasteiger partial charge in [-0.2, -0.15) is 4.39 Å². The van der Waals surface area contributed by atoms with Gasteiger partial charge < -0.3 is 4.74 Å². The Labute approximate surface area is 301 Å². The number of hydrogen-bond donors (Lipinski definition) is 0. The molecule has 274 valence electrons. The molecule has 2 saturated carbocycles. The zero-order valence-electron chi connectivity index (χ0n) is 31.1. The Bertz CT molecular complexity index is 1420. The molecule has 4 heteroatoms. The first kappa shape index (κ1) is 38.5. The molecule has 3 aromatic rings. The highest BCUT2D eigenvalue weighted by Crippen LogP contribution is 2.45. The van der Waals surface area contributed by atoms with Crippen LogP contribution in [0.2, 0.25) is 0 Å². The van der Waals surface area contributed by atoms with Gasteiger partial charge in [0, 0.05) is 5.56 Å². The standard InChI is InChI=1S/C46H63F3O/c1-3-5-7-9-10-12-14-32-50-44-31-30-42(45(48)46(44)49)39-26-22-37(23-27-39)40-28-29-41(43(47)33-40)38-24-20-36(21-25-38)35-18-16-34(17-19-35)15-13-11-8-6-4-2/h22-23,26-31,33-36,38H,3-21,24-25,32H2,1-2H3. The zero-order valence-corrected chi connectivity index (χ0v) is 31.1. The summed E-state index contributed by atoms with van der Waals surface area (Å²) < 4.78 is 51.1. The zero-order chi connectivity index (χ0) is 35.1. The van der Waals surface area contributed by atoms with Crippen LogP contribution in [-0.4, -0.2) is 6.61 Å². The molecule has 0 heterocycles. The first-order chi connectivity index (χ1) is 24.5. The van der Waals surface area contributed by atoms with E-state index in [1.807, 2.05) is 24.3 Å². The van der Waals surface area contributed by atoms with Crippen LogP contribution in [0.3, 0.4) is 0 Å². The van der Waals surface area contributed by atoms with E-state index < -0.39 is 11.6 Å². The second-order valence-corrected chi connectivity index (χ2v) is 15.6. The summed E-state index contributed by atoms with van der Waals surface area (Å²) >= 11 is 0. The fraction of sp³-hybridized carbons (Fsp3) is 0.609. The molecule has 2 aliphatic carbocycles. The van der Waals surface area contributed by atoms with Gasteiger partial charge in [-0.15, -0.1) is 0 Å². The van der Waals surface area contributed by atoms with Gasteiger partial charge in [0.05, 0.1) is 6.61 Å². The third kappa shape index (κ3) is 10.9. The lowest BCUT2D eigenvalue weighted by molar-refractivity contribution is 0.155. The molecule has 1 nitrogen and oxygen atoms in total. The fourth-order valence-electron chi connectivity index (χ4n) is 8.87. The predicted molar refractivity (Wildman–Crippen MR) is 204 cm³/mol. The van der Waals surface area contributed by atoms with Crippen LogP contribution in [0.15, 0.2) is 54.6 Å². The van der Waals surface area contributed by atoms with E-state index in [-0.39, 0.29) is 17.1 Å². The quantitative estimate of drug-likeness (QED) is 0.114. The molecule has 0 N–H and O–H groups in total. The summed E-state index contributed by atoms with van der Waals surface area (Å²) in [5.41, 5.74) is 3.28. The van der Waals surface area contributed by atoms with Gasteiger partial charge in [0.15, 0.2) is 11.6 Å². The molecule has 50 heavy (non-hydrogen) atoms. The number of ether oxygens (including phenoxy) is 1. The summed E-state index contributed by atoms with van der Waals surface area (Å²) in [6, 6.07) is 16.0. The highest BCUT2D eigenvalue weighted by molar-refractivity contribution is 5.71. The summed E-state index contributed by atoms with van der Waals surface area (Å²) in [4.78, 5) is 0. The minimum atomic E-state index is -0.947. The highest BCUT2D eigenvalue weighted by atomic mass is 19.2. The molecule has 0 atom stereocenters. The SMILES string of the molecule is CCCCCCCCCOc1ccc(-c2ccc(-c3ccc(C4CCC(C5CCC(CCCCCCC)CC5)CC4)c(F)c3)cc2)c(F)c1F. The molecule has 0 spiro atoms.